The van der Waals surface area contributed by atoms with Crippen LogP contribution in [0.2, 0.25) is 0 Å². The molecule has 0 spiro atoms. The fourth-order valence-corrected chi connectivity index (χ4v) is 2.18. The van der Waals surface area contributed by atoms with Gasteiger partial charge in [-0.05, 0) is 32.6 Å². The number of hydrogen-bond donors (Lipinski definition) is 2. The number of hydrogen-bond acceptors (Lipinski definition) is 4. The number of aliphatic hydroxyl groups is 1. The Bertz CT molecular complexity index is 212. The van der Waals surface area contributed by atoms with Crippen molar-refractivity contribution < 1.29 is 14.6 Å². The highest BCUT2D eigenvalue weighted by atomic mass is 16.5. The highest BCUT2D eigenvalue weighted by Gasteiger charge is 2.22. The number of nitrogens with one attached hydrogen (secondary N) is 1. The van der Waals surface area contributed by atoms with Crippen molar-refractivity contribution in [3.63, 3.8) is 0 Å². The SMILES string of the molecule is CCCCOCCOCCCCC(C)(CO)NC(C)C. The lowest BCUT2D eigenvalue weighted by molar-refractivity contribution is 0.0443. The van der Waals surface area contributed by atoms with E-state index in [4.69, 9.17) is 9.47 Å². The maximum Gasteiger partial charge on any atom is 0.0700 e. The van der Waals surface area contributed by atoms with Crippen LogP contribution in [0.3, 0.4) is 0 Å². The molecule has 0 aromatic heterocycles. The Morgan fingerprint density at radius 3 is 2.10 bits per heavy atom. The zero-order chi connectivity index (χ0) is 15.3. The zero-order valence-corrected chi connectivity index (χ0v) is 13.9. The molecular weight excluding hydrogens is 254 g/mol. The van der Waals surface area contributed by atoms with Crippen LogP contribution < -0.4 is 5.32 Å². The first-order valence-electron chi connectivity index (χ1n) is 8.08. The van der Waals surface area contributed by atoms with Crippen LogP contribution in [0.4, 0.5) is 0 Å². The van der Waals surface area contributed by atoms with Gasteiger partial charge in [0.25, 0.3) is 0 Å². The van der Waals surface area contributed by atoms with Gasteiger partial charge in [-0.3, -0.25) is 0 Å². The topological polar surface area (TPSA) is 50.7 Å². The third-order valence-electron chi connectivity index (χ3n) is 3.27. The Labute approximate surface area is 125 Å². The summed E-state index contributed by atoms with van der Waals surface area (Å²) in [6.07, 6.45) is 5.37. The van der Waals surface area contributed by atoms with Crippen LogP contribution in [0.15, 0.2) is 0 Å². The quantitative estimate of drug-likeness (QED) is 0.483. The van der Waals surface area contributed by atoms with Gasteiger partial charge in [-0.2, -0.15) is 0 Å². The smallest absolute Gasteiger partial charge is 0.0700 e. The highest BCUT2D eigenvalue weighted by molar-refractivity contribution is 4.83. The van der Waals surface area contributed by atoms with Crippen LogP contribution in [-0.2, 0) is 9.47 Å². The molecule has 1 atom stereocenters. The van der Waals surface area contributed by atoms with Gasteiger partial charge in [-0.15, -0.1) is 0 Å². The largest absolute Gasteiger partial charge is 0.394 e. The minimum Gasteiger partial charge on any atom is -0.394 e. The van der Waals surface area contributed by atoms with E-state index in [-0.39, 0.29) is 12.1 Å². The average molecular weight is 289 g/mol. The molecule has 0 aliphatic carbocycles. The first-order chi connectivity index (χ1) is 9.54. The van der Waals surface area contributed by atoms with Gasteiger partial charge in [0.2, 0.25) is 0 Å². The minimum atomic E-state index is -0.169. The van der Waals surface area contributed by atoms with Gasteiger partial charge in [-0.1, -0.05) is 27.2 Å². The van der Waals surface area contributed by atoms with Gasteiger partial charge >= 0.3 is 0 Å². The van der Waals surface area contributed by atoms with Crippen molar-refractivity contribution in [1.29, 1.82) is 0 Å². The number of rotatable bonds is 14. The molecule has 0 amide bonds. The third kappa shape index (κ3) is 11.6. The molecule has 122 valence electrons. The zero-order valence-electron chi connectivity index (χ0n) is 13.9. The molecule has 4 nitrogen and oxygen atoms in total. The first-order valence-corrected chi connectivity index (χ1v) is 8.08. The van der Waals surface area contributed by atoms with E-state index in [1.165, 1.54) is 6.42 Å². The molecule has 0 saturated heterocycles. The van der Waals surface area contributed by atoms with Crippen molar-refractivity contribution in [2.24, 2.45) is 0 Å². The Hall–Kier alpha value is -0.160. The summed E-state index contributed by atoms with van der Waals surface area (Å²) in [6, 6.07) is 0.392. The average Bonchev–Trinajstić information content (AvgIpc) is 2.40. The van der Waals surface area contributed by atoms with Gasteiger partial charge < -0.3 is 19.9 Å². The lowest BCUT2D eigenvalue weighted by Crippen LogP contribution is -2.49. The van der Waals surface area contributed by atoms with E-state index in [9.17, 15) is 5.11 Å². The first kappa shape index (κ1) is 19.8. The maximum absolute atomic E-state index is 9.47. The van der Waals surface area contributed by atoms with Gasteiger partial charge in [-0.25, -0.2) is 0 Å². The molecule has 0 fully saturated rings. The molecule has 2 N–H and O–H groups in total. The van der Waals surface area contributed by atoms with Crippen molar-refractivity contribution in [3.8, 4) is 0 Å². The summed E-state index contributed by atoms with van der Waals surface area (Å²) in [6.45, 7) is 11.6. The van der Waals surface area contributed by atoms with Crippen molar-refractivity contribution in [3.05, 3.63) is 0 Å². The van der Waals surface area contributed by atoms with Crippen LogP contribution in [-0.4, -0.2) is 49.7 Å². The van der Waals surface area contributed by atoms with Gasteiger partial charge in [0, 0.05) is 24.8 Å². The van der Waals surface area contributed by atoms with Gasteiger partial charge in [0.15, 0.2) is 0 Å². The third-order valence-corrected chi connectivity index (χ3v) is 3.27. The molecule has 4 heteroatoms. The summed E-state index contributed by atoms with van der Waals surface area (Å²) >= 11 is 0. The molecular formula is C16H35NO3. The van der Waals surface area contributed by atoms with E-state index in [0.717, 1.165) is 38.9 Å². The summed E-state index contributed by atoms with van der Waals surface area (Å²) in [4.78, 5) is 0. The lowest BCUT2D eigenvalue weighted by atomic mass is 9.95. The van der Waals surface area contributed by atoms with E-state index < -0.39 is 0 Å². The molecule has 0 rings (SSSR count). The molecule has 0 heterocycles. The molecule has 20 heavy (non-hydrogen) atoms. The standard InChI is InChI=1S/C16H35NO3/c1-5-6-10-19-12-13-20-11-8-7-9-16(4,14-18)17-15(2)3/h15,17-18H,5-14H2,1-4H3. The second kappa shape index (κ2) is 12.6. The number of aliphatic hydroxyl groups excluding tert-OH is 1. The van der Waals surface area contributed by atoms with Crippen LogP contribution in [0, 0.1) is 0 Å². The summed E-state index contributed by atoms with van der Waals surface area (Å²) < 4.78 is 11.0. The van der Waals surface area contributed by atoms with Gasteiger partial charge in [0.1, 0.15) is 0 Å². The fourth-order valence-electron chi connectivity index (χ4n) is 2.18. The predicted molar refractivity (Wildman–Crippen MR) is 84.2 cm³/mol. The van der Waals surface area contributed by atoms with E-state index >= 15 is 0 Å². The Kier molecular flexibility index (Phi) is 12.5. The molecule has 0 radical (unpaired) electrons. The van der Waals surface area contributed by atoms with Crippen LogP contribution in [0.5, 0.6) is 0 Å². The number of ether oxygens (including phenoxy) is 2. The maximum atomic E-state index is 9.47. The van der Waals surface area contributed by atoms with Crippen LogP contribution in [0.1, 0.15) is 59.8 Å². The van der Waals surface area contributed by atoms with Crippen molar-refractivity contribution >= 4 is 0 Å². The molecule has 0 aromatic rings. The molecule has 0 saturated carbocycles. The van der Waals surface area contributed by atoms with Crippen molar-refractivity contribution in [1.82, 2.24) is 5.32 Å². The molecule has 1 unspecified atom stereocenters. The monoisotopic (exact) mass is 289 g/mol. The van der Waals surface area contributed by atoms with Crippen molar-refractivity contribution in [2.45, 2.75) is 71.4 Å². The fraction of sp³-hybridized carbons (Fsp3) is 1.00. The number of unbranched alkanes of at least 4 members (excludes halogenated alkanes) is 2. The van der Waals surface area contributed by atoms with Gasteiger partial charge in [0.05, 0.1) is 19.8 Å². The Balaban J connectivity index is 3.42. The van der Waals surface area contributed by atoms with E-state index in [1.54, 1.807) is 0 Å². The molecule has 0 aromatic carbocycles. The normalized spacial score (nSPS) is 14.7. The van der Waals surface area contributed by atoms with E-state index in [1.807, 2.05) is 0 Å². The second-order valence-electron chi connectivity index (χ2n) is 6.05. The summed E-state index contributed by atoms with van der Waals surface area (Å²) in [5, 5.41) is 12.9. The van der Waals surface area contributed by atoms with Crippen molar-refractivity contribution in [2.75, 3.05) is 33.0 Å². The second-order valence-corrected chi connectivity index (χ2v) is 6.05. The van der Waals surface area contributed by atoms with E-state index in [0.29, 0.717) is 19.3 Å². The van der Waals surface area contributed by atoms with Crippen LogP contribution >= 0.6 is 0 Å². The predicted octanol–water partition coefficient (Wildman–Crippen LogP) is 2.74. The molecule has 0 aliphatic heterocycles. The Morgan fingerprint density at radius 2 is 1.60 bits per heavy atom. The van der Waals surface area contributed by atoms with Crippen LogP contribution in [0.25, 0.3) is 0 Å². The minimum absolute atomic E-state index is 0.169. The molecule has 0 bridgehead atoms. The van der Waals surface area contributed by atoms with E-state index in [2.05, 4.69) is 33.0 Å². The molecule has 0 aliphatic rings. The summed E-state index contributed by atoms with van der Waals surface area (Å²) in [5.41, 5.74) is -0.169. The summed E-state index contributed by atoms with van der Waals surface area (Å²) in [5.74, 6) is 0. The highest BCUT2D eigenvalue weighted by Crippen LogP contribution is 2.14. The summed E-state index contributed by atoms with van der Waals surface area (Å²) in [7, 11) is 0. The lowest BCUT2D eigenvalue weighted by Gasteiger charge is -2.31. The Morgan fingerprint density at radius 1 is 1.00 bits per heavy atom.